The Hall–Kier alpha value is -1.51. The summed E-state index contributed by atoms with van der Waals surface area (Å²) in [4.78, 5) is 0. The molecule has 3 heteroatoms. The van der Waals surface area contributed by atoms with Gasteiger partial charge in [0.2, 0.25) is 0 Å². The van der Waals surface area contributed by atoms with Gasteiger partial charge in [0.15, 0.2) is 0 Å². The van der Waals surface area contributed by atoms with Crippen molar-refractivity contribution in [1.29, 1.82) is 0 Å². The number of hydrazine groups is 1. The van der Waals surface area contributed by atoms with Crippen LogP contribution in [-0.2, 0) is 6.42 Å². The largest absolute Gasteiger partial charge is 0.280 e. The maximum absolute atomic E-state index is 6.08. The monoisotopic (exact) mass is 260 g/mol. The van der Waals surface area contributed by atoms with Crippen LogP contribution in [0.1, 0.15) is 18.9 Å². The Morgan fingerprint density at radius 1 is 0.944 bits per heavy atom. The summed E-state index contributed by atoms with van der Waals surface area (Å²) in [5, 5.41) is 2.37. The van der Waals surface area contributed by atoms with E-state index >= 15 is 0 Å². The van der Waals surface area contributed by atoms with E-state index < -0.39 is 0 Å². The topological polar surface area (TPSA) is 29.3 Å². The fraction of sp³-hybridized carbons (Fsp3) is 0.200. The first-order valence-electron chi connectivity index (χ1n) is 6.10. The quantitative estimate of drug-likeness (QED) is 0.656. The van der Waals surface area contributed by atoms with Crippen LogP contribution < -0.4 is 10.9 Å². The van der Waals surface area contributed by atoms with Gasteiger partial charge in [-0.2, -0.15) is 0 Å². The summed E-state index contributed by atoms with van der Waals surface area (Å²) in [5.41, 5.74) is 3.23. The molecule has 2 aromatic rings. The summed E-state index contributed by atoms with van der Waals surface area (Å²) in [6.45, 7) is 2.18. The number of nitrogens with zero attached hydrogens (tertiary/aromatic N) is 1. The predicted molar refractivity (Wildman–Crippen MR) is 78.2 cm³/mol. The molecule has 0 saturated heterocycles. The predicted octanol–water partition coefficient (Wildman–Crippen LogP) is 4.30. The first-order valence-corrected chi connectivity index (χ1v) is 6.48. The molecule has 0 saturated carbocycles. The average molecular weight is 261 g/mol. The Morgan fingerprint density at radius 2 is 1.44 bits per heavy atom. The molecule has 0 unspecified atom stereocenters. The summed E-state index contributed by atoms with van der Waals surface area (Å²) in [6.07, 6.45) is 2.26. The first-order chi connectivity index (χ1) is 8.70. The van der Waals surface area contributed by atoms with Gasteiger partial charge in [-0.1, -0.05) is 37.1 Å². The van der Waals surface area contributed by atoms with Crippen LogP contribution in [0.25, 0.3) is 0 Å². The van der Waals surface area contributed by atoms with Crippen molar-refractivity contribution in [3.05, 3.63) is 59.1 Å². The highest BCUT2D eigenvalue weighted by molar-refractivity contribution is 6.30. The average Bonchev–Trinajstić information content (AvgIpc) is 2.40. The van der Waals surface area contributed by atoms with Crippen molar-refractivity contribution in [3.8, 4) is 0 Å². The minimum Gasteiger partial charge on any atom is -0.280 e. The Labute approximate surface area is 113 Å². The second-order valence-corrected chi connectivity index (χ2v) is 4.70. The van der Waals surface area contributed by atoms with Crippen molar-refractivity contribution < 1.29 is 0 Å². The minimum atomic E-state index is 0.713. The molecule has 0 amide bonds. The fourth-order valence-corrected chi connectivity index (χ4v) is 1.99. The maximum atomic E-state index is 6.08. The first kappa shape index (κ1) is 12.9. The van der Waals surface area contributed by atoms with Gasteiger partial charge < -0.3 is 0 Å². The molecule has 0 atom stereocenters. The van der Waals surface area contributed by atoms with Crippen molar-refractivity contribution in [1.82, 2.24) is 0 Å². The van der Waals surface area contributed by atoms with Crippen LogP contribution in [0.4, 0.5) is 11.4 Å². The third-order valence-electron chi connectivity index (χ3n) is 2.86. The van der Waals surface area contributed by atoms with Crippen LogP contribution in [0.5, 0.6) is 0 Å². The molecule has 18 heavy (non-hydrogen) atoms. The van der Waals surface area contributed by atoms with E-state index in [2.05, 4.69) is 19.1 Å². The Kier molecular flexibility index (Phi) is 4.24. The highest BCUT2D eigenvalue weighted by Gasteiger charge is 2.04. The van der Waals surface area contributed by atoms with E-state index in [9.17, 15) is 0 Å². The van der Waals surface area contributed by atoms with Crippen molar-refractivity contribution >= 4 is 23.0 Å². The molecule has 0 aliphatic rings. The molecule has 94 valence electrons. The standard InChI is InChI=1S/C15H17ClN2/c1-2-3-12-4-8-14(9-5-12)18(17)15-10-6-13(16)7-11-15/h4-11H,2-3,17H2,1H3. The highest BCUT2D eigenvalue weighted by Crippen LogP contribution is 2.23. The summed E-state index contributed by atoms with van der Waals surface area (Å²) in [5.74, 6) is 6.08. The molecular formula is C15H17ClN2. The zero-order valence-corrected chi connectivity index (χ0v) is 11.2. The number of nitrogens with two attached hydrogens (primary N) is 1. The van der Waals surface area contributed by atoms with Crippen LogP contribution in [0.15, 0.2) is 48.5 Å². The van der Waals surface area contributed by atoms with E-state index in [0.29, 0.717) is 5.02 Å². The van der Waals surface area contributed by atoms with E-state index in [0.717, 1.165) is 24.2 Å². The van der Waals surface area contributed by atoms with Gasteiger partial charge in [-0.3, -0.25) is 5.01 Å². The molecule has 0 bridgehead atoms. The van der Waals surface area contributed by atoms with Crippen LogP contribution in [0.3, 0.4) is 0 Å². The van der Waals surface area contributed by atoms with E-state index in [1.807, 2.05) is 36.4 Å². The number of anilines is 2. The third-order valence-corrected chi connectivity index (χ3v) is 3.11. The van der Waals surface area contributed by atoms with Gasteiger partial charge in [-0.25, -0.2) is 5.84 Å². The van der Waals surface area contributed by atoms with Gasteiger partial charge in [0.25, 0.3) is 0 Å². The number of hydrogen-bond acceptors (Lipinski definition) is 2. The number of hydrogen-bond donors (Lipinski definition) is 1. The van der Waals surface area contributed by atoms with Crippen molar-refractivity contribution in [2.24, 2.45) is 5.84 Å². The molecule has 0 aliphatic carbocycles. The van der Waals surface area contributed by atoms with Crippen LogP contribution in [0.2, 0.25) is 5.02 Å². The fourth-order valence-electron chi connectivity index (χ4n) is 1.86. The number of halogens is 1. The molecule has 0 heterocycles. The second-order valence-electron chi connectivity index (χ2n) is 4.26. The van der Waals surface area contributed by atoms with Crippen LogP contribution in [0, 0.1) is 0 Å². The molecule has 0 aromatic heterocycles. The third kappa shape index (κ3) is 3.03. The van der Waals surface area contributed by atoms with Gasteiger partial charge in [0.05, 0.1) is 11.4 Å². The zero-order chi connectivity index (χ0) is 13.0. The van der Waals surface area contributed by atoms with Crippen molar-refractivity contribution in [2.75, 3.05) is 5.01 Å². The van der Waals surface area contributed by atoms with E-state index in [4.69, 9.17) is 17.4 Å². The van der Waals surface area contributed by atoms with Gasteiger partial charge in [0.1, 0.15) is 0 Å². The van der Waals surface area contributed by atoms with Crippen molar-refractivity contribution in [3.63, 3.8) is 0 Å². The van der Waals surface area contributed by atoms with Gasteiger partial charge in [-0.05, 0) is 48.4 Å². The molecule has 0 aliphatic heterocycles. The van der Waals surface area contributed by atoms with E-state index in [-0.39, 0.29) is 0 Å². The minimum absolute atomic E-state index is 0.713. The molecule has 2 aromatic carbocycles. The number of aryl methyl sites for hydroxylation is 1. The Bertz CT molecular complexity index is 491. The van der Waals surface area contributed by atoms with E-state index in [1.165, 1.54) is 5.56 Å². The SMILES string of the molecule is CCCc1ccc(N(N)c2ccc(Cl)cc2)cc1. The maximum Gasteiger partial charge on any atom is 0.0576 e. The molecule has 0 spiro atoms. The lowest BCUT2D eigenvalue weighted by Gasteiger charge is -2.19. The summed E-state index contributed by atoms with van der Waals surface area (Å²) >= 11 is 5.86. The van der Waals surface area contributed by atoms with E-state index in [1.54, 1.807) is 5.01 Å². The van der Waals surface area contributed by atoms with Crippen LogP contribution in [-0.4, -0.2) is 0 Å². The smallest absolute Gasteiger partial charge is 0.0576 e. The zero-order valence-electron chi connectivity index (χ0n) is 10.4. The summed E-state index contributed by atoms with van der Waals surface area (Å²) in [6, 6.07) is 15.8. The molecular weight excluding hydrogens is 244 g/mol. The highest BCUT2D eigenvalue weighted by atomic mass is 35.5. The Balaban J connectivity index is 2.17. The Morgan fingerprint density at radius 3 is 1.94 bits per heavy atom. The lowest BCUT2D eigenvalue weighted by molar-refractivity contribution is 0.921. The van der Waals surface area contributed by atoms with Gasteiger partial charge in [0, 0.05) is 5.02 Å². The number of benzene rings is 2. The molecule has 2 N–H and O–H groups in total. The van der Waals surface area contributed by atoms with Crippen LogP contribution >= 0.6 is 11.6 Å². The summed E-state index contributed by atoms with van der Waals surface area (Å²) in [7, 11) is 0. The van der Waals surface area contributed by atoms with Gasteiger partial charge in [-0.15, -0.1) is 0 Å². The molecule has 0 radical (unpaired) electrons. The lowest BCUT2D eigenvalue weighted by Crippen LogP contribution is -2.24. The molecule has 2 rings (SSSR count). The number of rotatable bonds is 4. The second kappa shape index (κ2) is 5.89. The van der Waals surface area contributed by atoms with Crippen molar-refractivity contribution in [2.45, 2.75) is 19.8 Å². The van der Waals surface area contributed by atoms with Gasteiger partial charge >= 0.3 is 0 Å². The lowest BCUT2D eigenvalue weighted by atomic mass is 10.1. The molecule has 2 nitrogen and oxygen atoms in total. The summed E-state index contributed by atoms with van der Waals surface area (Å²) < 4.78 is 0. The normalized spacial score (nSPS) is 10.4. The molecule has 0 fully saturated rings.